The van der Waals surface area contributed by atoms with Gasteiger partial charge in [0.15, 0.2) is 5.11 Å². The summed E-state index contributed by atoms with van der Waals surface area (Å²) in [7, 11) is 0. The first-order chi connectivity index (χ1) is 10.3. The monoisotopic (exact) mass is 347 g/mol. The van der Waals surface area contributed by atoms with Gasteiger partial charge in [0.05, 0.1) is 16.8 Å². The zero-order valence-corrected chi connectivity index (χ0v) is 12.4. The normalized spacial score (nSPS) is 11.8. The van der Waals surface area contributed by atoms with Crippen LogP contribution in [0.25, 0.3) is 11.3 Å². The summed E-state index contributed by atoms with van der Waals surface area (Å²) < 4.78 is 43.2. The van der Waals surface area contributed by atoms with Gasteiger partial charge in [-0.3, -0.25) is 5.43 Å². The predicted molar refractivity (Wildman–Crippen MR) is 81.7 cm³/mol. The van der Waals surface area contributed by atoms with Gasteiger partial charge in [-0.25, -0.2) is 0 Å². The summed E-state index contributed by atoms with van der Waals surface area (Å²) in [6.45, 7) is 0. The molecule has 116 valence electrons. The number of hydrogen-bond donors (Lipinski definition) is 2. The summed E-state index contributed by atoms with van der Waals surface area (Å²) in [5.74, 6) is 0.671. The topological polar surface area (TPSA) is 63.5 Å². The number of rotatable bonds is 3. The van der Waals surface area contributed by atoms with Crippen molar-refractivity contribution in [2.45, 2.75) is 6.18 Å². The van der Waals surface area contributed by atoms with Crippen LogP contribution >= 0.6 is 23.8 Å². The quantitative estimate of drug-likeness (QED) is 0.504. The van der Waals surface area contributed by atoms with E-state index in [-0.39, 0.29) is 10.1 Å². The molecule has 1 aromatic heterocycles. The Hall–Kier alpha value is -2.06. The molecule has 0 fully saturated rings. The number of hydrazone groups is 1. The van der Waals surface area contributed by atoms with Crippen LogP contribution in [0.5, 0.6) is 0 Å². The third kappa shape index (κ3) is 3.99. The predicted octanol–water partition coefficient (Wildman–Crippen LogP) is 3.79. The van der Waals surface area contributed by atoms with Crippen molar-refractivity contribution in [1.29, 1.82) is 0 Å². The largest absolute Gasteiger partial charge is 0.455 e. The van der Waals surface area contributed by atoms with Gasteiger partial charge in [-0.15, -0.1) is 0 Å². The van der Waals surface area contributed by atoms with Gasteiger partial charge in [0, 0.05) is 5.56 Å². The smallest absolute Gasteiger partial charge is 0.416 e. The molecule has 0 atom stereocenters. The van der Waals surface area contributed by atoms with E-state index in [9.17, 15) is 13.2 Å². The molecule has 0 aliphatic rings. The average Bonchev–Trinajstić information content (AvgIpc) is 2.85. The van der Waals surface area contributed by atoms with Gasteiger partial charge in [0.2, 0.25) is 0 Å². The highest BCUT2D eigenvalue weighted by Crippen LogP contribution is 2.35. The van der Waals surface area contributed by atoms with Crippen LogP contribution < -0.4 is 11.2 Å². The molecular weight excluding hydrogens is 339 g/mol. The molecule has 0 radical (unpaired) electrons. The molecule has 0 spiro atoms. The Bertz CT molecular complexity index is 728. The van der Waals surface area contributed by atoms with Gasteiger partial charge in [-0.1, -0.05) is 11.6 Å². The summed E-state index contributed by atoms with van der Waals surface area (Å²) in [4.78, 5) is 0. The van der Waals surface area contributed by atoms with Crippen molar-refractivity contribution in [1.82, 2.24) is 5.43 Å². The fourth-order valence-electron chi connectivity index (χ4n) is 1.62. The second kappa shape index (κ2) is 6.37. The number of nitrogens with one attached hydrogen (secondary N) is 1. The Labute approximate surface area is 133 Å². The van der Waals surface area contributed by atoms with E-state index in [1.54, 1.807) is 12.1 Å². The van der Waals surface area contributed by atoms with E-state index in [4.69, 9.17) is 21.8 Å². The molecule has 9 heteroatoms. The standard InChI is InChI=1S/C13H9ClF3N3OS/c14-10-5-7(13(15,16)17)1-3-9(10)11-4-2-8(21-11)6-19-20-12(18)22/h1-6H,(H3,18,20,22). The minimum Gasteiger partial charge on any atom is -0.455 e. The van der Waals surface area contributed by atoms with E-state index in [2.05, 4.69) is 22.7 Å². The molecule has 0 saturated carbocycles. The lowest BCUT2D eigenvalue weighted by Gasteiger charge is -2.08. The Kier molecular flexibility index (Phi) is 4.72. The van der Waals surface area contributed by atoms with E-state index < -0.39 is 11.7 Å². The maximum atomic E-state index is 12.6. The van der Waals surface area contributed by atoms with Crippen molar-refractivity contribution in [3.63, 3.8) is 0 Å². The Morgan fingerprint density at radius 2 is 2.05 bits per heavy atom. The number of thiocarbonyl (C=S) groups is 1. The average molecular weight is 348 g/mol. The summed E-state index contributed by atoms with van der Waals surface area (Å²) in [5, 5.41) is 3.63. The first-order valence-electron chi connectivity index (χ1n) is 5.83. The highest BCUT2D eigenvalue weighted by Gasteiger charge is 2.31. The molecule has 0 aliphatic carbocycles. The lowest BCUT2D eigenvalue weighted by atomic mass is 10.1. The summed E-state index contributed by atoms with van der Waals surface area (Å²) in [6.07, 6.45) is -3.13. The van der Waals surface area contributed by atoms with Gasteiger partial charge in [0.1, 0.15) is 11.5 Å². The van der Waals surface area contributed by atoms with Crippen LogP contribution in [-0.2, 0) is 6.18 Å². The van der Waals surface area contributed by atoms with Crippen molar-refractivity contribution in [2.75, 3.05) is 0 Å². The maximum Gasteiger partial charge on any atom is 0.416 e. The van der Waals surface area contributed by atoms with Gasteiger partial charge in [-0.05, 0) is 42.5 Å². The van der Waals surface area contributed by atoms with Crippen LogP contribution in [0.15, 0.2) is 39.9 Å². The minimum atomic E-state index is -4.45. The second-order valence-corrected chi connectivity index (χ2v) is 4.98. The molecule has 4 nitrogen and oxygen atoms in total. The zero-order valence-electron chi connectivity index (χ0n) is 10.8. The van der Waals surface area contributed by atoms with Crippen LogP contribution in [0.3, 0.4) is 0 Å². The number of nitrogens with zero attached hydrogens (tertiary/aromatic N) is 1. The lowest BCUT2D eigenvalue weighted by molar-refractivity contribution is -0.137. The fourth-order valence-corrected chi connectivity index (χ4v) is 1.94. The highest BCUT2D eigenvalue weighted by atomic mass is 35.5. The first kappa shape index (κ1) is 16.3. The molecule has 2 aromatic rings. The van der Waals surface area contributed by atoms with E-state index in [1.807, 2.05) is 0 Å². The van der Waals surface area contributed by atoms with E-state index in [0.29, 0.717) is 17.1 Å². The van der Waals surface area contributed by atoms with Crippen molar-refractivity contribution in [2.24, 2.45) is 10.8 Å². The third-order valence-corrected chi connectivity index (χ3v) is 2.96. The number of hydrogen-bond acceptors (Lipinski definition) is 3. The van der Waals surface area contributed by atoms with E-state index in [1.165, 1.54) is 12.3 Å². The number of furan rings is 1. The van der Waals surface area contributed by atoms with Crippen molar-refractivity contribution >= 4 is 35.1 Å². The molecule has 0 amide bonds. The molecule has 1 aromatic carbocycles. The molecule has 22 heavy (non-hydrogen) atoms. The summed E-state index contributed by atoms with van der Waals surface area (Å²) in [5.41, 5.74) is 7.05. The molecule has 3 N–H and O–H groups in total. The molecule has 0 saturated heterocycles. The van der Waals surface area contributed by atoms with Gasteiger partial charge in [-0.2, -0.15) is 18.3 Å². The Balaban J connectivity index is 2.24. The number of benzene rings is 1. The fraction of sp³-hybridized carbons (Fsp3) is 0.0769. The first-order valence-corrected chi connectivity index (χ1v) is 6.61. The van der Waals surface area contributed by atoms with Crippen LogP contribution in [0, 0.1) is 0 Å². The van der Waals surface area contributed by atoms with Crippen LogP contribution in [0.4, 0.5) is 13.2 Å². The van der Waals surface area contributed by atoms with Crippen molar-refractivity contribution in [3.8, 4) is 11.3 Å². The molecular formula is C13H9ClF3N3OS. The van der Waals surface area contributed by atoms with E-state index >= 15 is 0 Å². The summed E-state index contributed by atoms with van der Waals surface area (Å²) >= 11 is 10.5. The number of nitrogens with two attached hydrogens (primary N) is 1. The lowest BCUT2D eigenvalue weighted by Crippen LogP contribution is -2.23. The molecule has 1 heterocycles. The van der Waals surface area contributed by atoms with Gasteiger partial charge < -0.3 is 10.2 Å². The highest BCUT2D eigenvalue weighted by molar-refractivity contribution is 7.80. The van der Waals surface area contributed by atoms with Gasteiger partial charge in [0.25, 0.3) is 0 Å². The van der Waals surface area contributed by atoms with Crippen LogP contribution in [-0.4, -0.2) is 11.3 Å². The second-order valence-electron chi connectivity index (χ2n) is 4.13. The molecule has 0 unspecified atom stereocenters. The van der Waals surface area contributed by atoms with E-state index in [0.717, 1.165) is 12.1 Å². The summed E-state index contributed by atoms with van der Waals surface area (Å²) in [6, 6.07) is 6.18. The Morgan fingerprint density at radius 3 is 2.64 bits per heavy atom. The SMILES string of the molecule is NC(=S)NN=Cc1ccc(-c2ccc(C(F)(F)F)cc2Cl)o1. The van der Waals surface area contributed by atoms with Crippen LogP contribution in [0.1, 0.15) is 11.3 Å². The third-order valence-electron chi connectivity index (χ3n) is 2.56. The molecule has 0 bridgehead atoms. The van der Waals surface area contributed by atoms with Gasteiger partial charge >= 0.3 is 6.18 Å². The number of alkyl halides is 3. The minimum absolute atomic E-state index is 0.00573. The number of halogens is 4. The molecule has 2 rings (SSSR count). The van der Waals surface area contributed by atoms with Crippen LogP contribution in [0.2, 0.25) is 5.02 Å². The maximum absolute atomic E-state index is 12.6. The van der Waals surface area contributed by atoms with Crippen molar-refractivity contribution in [3.05, 3.63) is 46.7 Å². The Morgan fingerprint density at radius 1 is 1.32 bits per heavy atom. The molecule has 0 aliphatic heterocycles. The zero-order chi connectivity index (χ0) is 16.3. The van der Waals surface area contributed by atoms with Crippen molar-refractivity contribution < 1.29 is 17.6 Å².